The molecule has 2 aromatic carbocycles. The number of hydrogen-bond donors (Lipinski definition) is 0. The second-order valence-electron chi connectivity index (χ2n) is 9.45. The molecule has 0 saturated carbocycles. The maximum Gasteiger partial charge on any atom is 0.239 e. The monoisotopic (exact) mass is 481 g/mol. The number of ether oxygens (including phenoxy) is 2. The summed E-state index contributed by atoms with van der Waals surface area (Å²) in [5.74, 6) is 0.116. The normalized spacial score (nSPS) is 23.9. The fraction of sp³-hybridized carbons (Fsp3) is 0.536. The van der Waals surface area contributed by atoms with E-state index in [-0.39, 0.29) is 30.0 Å². The number of carbonyl (C=O) groups excluding carboxylic acids is 1. The van der Waals surface area contributed by atoms with Crippen molar-refractivity contribution < 1.29 is 18.7 Å². The van der Waals surface area contributed by atoms with Crippen molar-refractivity contribution in [3.63, 3.8) is 0 Å². The summed E-state index contributed by atoms with van der Waals surface area (Å²) >= 11 is 0. The van der Waals surface area contributed by atoms with E-state index in [4.69, 9.17) is 13.9 Å². The lowest BCUT2D eigenvalue weighted by Crippen LogP contribution is -2.63. The average molecular weight is 482 g/mol. The lowest BCUT2D eigenvalue weighted by molar-refractivity contribution is -0.160. The maximum absolute atomic E-state index is 13.3. The van der Waals surface area contributed by atoms with E-state index in [0.717, 1.165) is 45.3 Å². The first-order chi connectivity index (χ1) is 16.7. The molecule has 0 unspecified atom stereocenters. The molecule has 2 saturated heterocycles. The molecule has 2 aliphatic rings. The first kappa shape index (κ1) is 25.1. The highest BCUT2D eigenvalue weighted by Gasteiger charge is 2.58. The van der Waals surface area contributed by atoms with Crippen LogP contribution in [0.1, 0.15) is 46.0 Å². The third-order valence-corrected chi connectivity index (χ3v) is 9.57. The van der Waals surface area contributed by atoms with Crippen LogP contribution in [0.3, 0.4) is 0 Å². The Bertz CT molecular complexity index is 841. The number of benzene rings is 2. The Labute approximate surface area is 206 Å². The van der Waals surface area contributed by atoms with Crippen molar-refractivity contribution in [1.82, 2.24) is 4.90 Å². The number of rotatable bonds is 14. The summed E-state index contributed by atoms with van der Waals surface area (Å²) in [6.07, 6.45) is 5.26. The zero-order valence-corrected chi connectivity index (χ0v) is 21.8. The molecule has 1 amide bonds. The molecule has 4 atom stereocenters. The molecular formula is C28H39NO4Si. The first-order valence-corrected chi connectivity index (χ1v) is 14.6. The van der Waals surface area contributed by atoms with Crippen LogP contribution < -0.4 is 10.4 Å². The molecule has 184 valence electrons. The molecule has 0 aliphatic carbocycles. The van der Waals surface area contributed by atoms with Crippen LogP contribution in [0.25, 0.3) is 0 Å². The standard InChI is InChI=1S/C28H39NO4Si/c1-3-5-17-31-21-26-27(32-18-6-4-2)19-25-24(28(30)29(25)26)20-33-34(22-13-9-7-10-14-22)23-15-11-8-12-16-23/h7-16,24-27,34H,3-6,17-21H2,1-2H3/t24-,25+,26-,27-/m0/s1. The predicted octanol–water partition coefficient (Wildman–Crippen LogP) is 3.14. The van der Waals surface area contributed by atoms with Crippen molar-refractivity contribution in [3.8, 4) is 0 Å². The van der Waals surface area contributed by atoms with Gasteiger partial charge in [-0.2, -0.15) is 0 Å². The van der Waals surface area contributed by atoms with Gasteiger partial charge in [-0.1, -0.05) is 87.4 Å². The summed E-state index contributed by atoms with van der Waals surface area (Å²) in [6.45, 7) is 6.88. The maximum atomic E-state index is 13.3. The molecule has 0 N–H and O–H groups in total. The van der Waals surface area contributed by atoms with Gasteiger partial charge in [-0.25, -0.2) is 0 Å². The van der Waals surface area contributed by atoms with Crippen LogP contribution in [0, 0.1) is 5.92 Å². The summed E-state index contributed by atoms with van der Waals surface area (Å²) in [7, 11) is -1.86. The van der Waals surface area contributed by atoms with Crippen molar-refractivity contribution in [3.05, 3.63) is 60.7 Å². The smallest absolute Gasteiger partial charge is 0.239 e. The minimum Gasteiger partial charge on any atom is -0.410 e. The van der Waals surface area contributed by atoms with Gasteiger partial charge in [0, 0.05) is 25.9 Å². The summed E-state index contributed by atoms with van der Waals surface area (Å²) < 4.78 is 18.8. The number of amides is 1. The first-order valence-electron chi connectivity index (χ1n) is 13.0. The molecule has 4 rings (SSSR count). The van der Waals surface area contributed by atoms with Crippen LogP contribution in [0.5, 0.6) is 0 Å². The van der Waals surface area contributed by atoms with Gasteiger partial charge in [0.2, 0.25) is 14.9 Å². The van der Waals surface area contributed by atoms with Gasteiger partial charge in [-0.15, -0.1) is 0 Å². The van der Waals surface area contributed by atoms with Gasteiger partial charge in [0.25, 0.3) is 0 Å². The molecule has 2 fully saturated rings. The molecule has 6 heteroatoms. The minimum atomic E-state index is -1.86. The number of nitrogens with zero attached hydrogens (tertiary/aromatic N) is 1. The topological polar surface area (TPSA) is 48.0 Å². The lowest BCUT2D eigenvalue weighted by atomic mass is 9.89. The van der Waals surface area contributed by atoms with Crippen molar-refractivity contribution in [2.75, 3.05) is 26.4 Å². The fourth-order valence-electron chi connectivity index (χ4n) is 5.11. The summed E-state index contributed by atoms with van der Waals surface area (Å²) in [5, 5.41) is 2.48. The van der Waals surface area contributed by atoms with E-state index in [1.807, 2.05) is 17.0 Å². The van der Waals surface area contributed by atoms with Crippen LogP contribution in [0.2, 0.25) is 0 Å². The van der Waals surface area contributed by atoms with Crippen molar-refractivity contribution in [2.24, 2.45) is 5.92 Å². The molecule has 0 radical (unpaired) electrons. The van der Waals surface area contributed by atoms with Crippen LogP contribution in [-0.2, 0) is 18.7 Å². The number of hydrogen-bond acceptors (Lipinski definition) is 4. The van der Waals surface area contributed by atoms with E-state index in [9.17, 15) is 4.79 Å². The molecule has 2 aromatic rings. The predicted molar refractivity (Wildman–Crippen MR) is 138 cm³/mol. The molecule has 5 nitrogen and oxygen atoms in total. The SMILES string of the molecule is CCCCOC[C@H]1[C@@H](OCCCC)C[C@@H]2[C@H](CO[SiH](c3ccccc3)c3ccccc3)C(=O)N21. The quantitative estimate of drug-likeness (QED) is 0.236. The third-order valence-electron chi connectivity index (χ3n) is 7.06. The summed E-state index contributed by atoms with van der Waals surface area (Å²) in [5.41, 5.74) is 0. The molecule has 0 bridgehead atoms. The average Bonchev–Trinajstić information content (AvgIpc) is 3.19. The lowest BCUT2D eigenvalue weighted by Gasteiger charge is -2.45. The summed E-state index contributed by atoms with van der Waals surface area (Å²) in [6, 6.07) is 21.1. The Hall–Kier alpha value is -1.99. The second kappa shape index (κ2) is 12.6. The van der Waals surface area contributed by atoms with E-state index in [1.165, 1.54) is 10.4 Å². The summed E-state index contributed by atoms with van der Waals surface area (Å²) in [4.78, 5) is 15.3. The number of carbonyl (C=O) groups is 1. The fourth-order valence-corrected chi connectivity index (χ4v) is 7.42. The van der Waals surface area contributed by atoms with Gasteiger partial charge in [-0.05, 0) is 29.6 Å². The van der Waals surface area contributed by atoms with E-state index in [2.05, 4.69) is 62.4 Å². The Morgan fingerprint density at radius 3 is 2.12 bits per heavy atom. The van der Waals surface area contributed by atoms with E-state index >= 15 is 0 Å². The van der Waals surface area contributed by atoms with Gasteiger partial charge < -0.3 is 18.8 Å². The molecule has 2 aliphatic heterocycles. The van der Waals surface area contributed by atoms with Crippen LogP contribution >= 0.6 is 0 Å². The van der Waals surface area contributed by atoms with Gasteiger partial charge >= 0.3 is 0 Å². The number of fused-ring (bicyclic) bond motifs is 1. The van der Waals surface area contributed by atoms with Crippen LogP contribution in [-0.4, -0.2) is 64.5 Å². The highest BCUT2D eigenvalue weighted by atomic mass is 28.3. The highest BCUT2D eigenvalue weighted by Crippen LogP contribution is 2.41. The van der Waals surface area contributed by atoms with Gasteiger partial charge in [-0.3, -0.25) is 4.79 Å². The van der Waals surface area contributed by atoms with Crippen molar-refractivity contribution in [1.29, 1.82) is 0 Å². The molecule has 34 heavy (non-hydrogen) atoms. The Morgan fingerprint density at radius 2 is 1.50 bits per heavy atom. The van der Waals surface area contributed by atoms with Gasteiger partial charge in [0.15, 0.2) is 0 Å². The molecule has 0 aromatic heterocycles. The molecular weight excluding hydrogens is 442 g/mol. The van der Waals surface area contributed by atoms with Gasteiger partial charge in [0.1, 0.15) is 0 Å². The third kappa shape index (κ3) is 5.79. The van der Waals surface area contributed by atoms with E-state index < -0.39 is 9.04 Å². The Balaban J connectivity index is 1.41. The Kier molecular flexibility index (Phi) is 9.33. The van der Waals surface area contributed by atoms with E-state index in [0.29, 0.717) is 13.2 Å². The largest absolute Gasteiger partial charge is 0.410 e. The van der Waals surface area contributed by atoms with Crippen LogP contribution in [0.15, 0.2) is 60.7 Å². The van der Waals surface area contributed by atoms with Gasteiger partial charge in [0.05, 0.1) is 24.7 Å². The van der Waals surface area contributed by atoms with Crippen molar-refractivity contribution in [2.45, 2.75) is 64.1 Å². The Morgan fingerprint density at radius 1 is 0.882 bits per heavy atom. The highest BCUT2D eigenvalue weighted by molar-refractivity contribution is 6.80. The number of β-lactam (4-membered cyclic amide) rings is 1. The molecule has 2 heterocycles. The number of unbranched alkanes of at least 4 members (excludes halogenated alkanes) is 2. The second-order valence-corrected chi connectivity index (χ2v) is 11.9. The zero-order chi connectivity index (χ0) is 23.8. The minimum absolute atomic E-state index is 0.0266. The molecule has 0 spiro atoms. The van der Waals surface area contributed by atoms with E-state index in [1.54, 1.807) is 0 Å². The zero-order valence-electron chi connectivity index (χ0n) is 20.6. The van der Waals surface area contributed by atoms with Crippen LogP contribution in [0.4, 0.5) is 0 Å². The van der Waals surface area contributed by atoms with Crippen molar-refractivity contribution >= 4 is 25.3 Å².